The number of carbonyl (C=O) groups is 1. The first-order chi connectivity index (χ1) is 9.99. The molecule has 0 aliphatic heterocycles. The van der Waals surface area contributed by atoms with Crippen molar-refractivity contribution in [2.24, 2.45) is 0 Å². The van der Waals surface area contributed by atoms with Gasteiger partial charge in [-0.1, -0.05) is 6.07 Å². The summed E-state index contributed by atoms with van der Waals surface area (Å²) in [5.74, 6) is -0.159. The van der Waals surface area contributed by atoms with Crippen molar-refractivity contribution in [1.29, 1.82) is 0 Å². The number of rotatable bonds is 2. The van der Waals surface area contributed by atoms with Crippen LogP contribution < -0.4 is 0 Å². The molecule has 0 aliphatic rings. The number of aromatic carboxylic acids is 1. The van der Waals surface area contributed by atoms with Crippen LogP contribution in [0.15, 0.2) is 45.3 Å². The first kappa shape index (κ1) is 14.3. The fourth-order valence-corrected chi connectivity index (χ4v) is 3.67. The Balaban J connectivity index is 2.39. The smallest absolute Gasteiger partial charge is 0.335 e. The van der Waals surface area contributed by atoms with E-state index >= 15 is 0 Å². The molecule has 0 bridgehead atoms. The second kappa shape index (κ2) is 5.27. The van der Waals surface area contributed by atoms with Gasteiger partial charge in [-0.15, -0.1) is 0 Å². The van der Waals surface area contributed by atoms with Crippen LogP contribution in [0.25, 0.3) is 16.7 Å². The molecule has 0 amide bonds. The highest BCUT2D eigenvalue weighted by molar-refractivity contribution is 9.11. The lowest BCUT2D eigenvalue weighted by atomic mass is 10.2. The number of carboxylic acids is 1. The van der Waals surface area contributed by atoms with Crippen LogP contribution in [0.5, 0.6) is 0 Å². The normalized spacial score (nSPS) is 11.0. The topological polar surface area (TPSA) is 55.1 Å². The molecular formula is C15H10Br2N2O2. The van der Waals surface area contributed by atoms with Gasteiger partial charge in [-0.05, 0) is 69.1 Å². The zero-order valence-corrected chi connectivity index (χ0v) is 14.1. The highest BCUT2D eigenvalue weighted by Gasteiger charge is 2.16. The average molecular weight is 410 g/mol. The van der Waals surface area contributed by atoms with Gasteiger partial charge < -0.3 is 5.11 Å². The van der Waals surface area contributed by atoms with Crippen molar-refractivity contribution < 1.29 is 9.90 Å². The minimum Gasteiger partial charge on any atom is -0.478 e. The lowest BCUT2D eigenvalue weighted by Gasteiger charge is -2.11. The van der Waals surface area contributed by atoms with Crippen LogP contribution in [-0.4, -0.2) is 20.6 Å². The third-order valence-electron chi connectivity index (χ3n) is 3.23. The summed E-state index contributed by atoms with van der Waals surface area (Å²) < 4.78 is 3.75. The van der Waals surface area contributed by atoms with Gasteiger partial charge in [0.1, 0.15) is 5.82 Å². The molecule has 106 valence electrons. The molecule has 1 N–H and O–H groups in total. The van der Waals surface area contributed by atoms with E-state index in [-0.39, 0.29) is 5.56 Å². The molecule has 0 unspecified atom stereocenters. The molecule has 6 heteroatoms. The summed E-state index contributed by atoms with van der Waals surface area (Å²) in [7, 11) is 0. The van der Waals surface area contributed by atoms with Gasteiger partial charge in [-0.25, -0.2) is 9.78 Å². The lowest BCUT2D eigenvalue weighted by Crippen LogP contribution is -2.01. The Morgan fingerprint density at radius 3 is 2.48 bits per heavy atom. The molecule has 0 spiro atoms. The molecule has 2 aromatic carbocycles. The second-order valence-corrected chi connectivity index (χ2v) is 6.28. The molecule has 0 aliphatic carbocycles. The van der Waals surface area contributed by atoms with E-state index in [2.05, 4.69) is 36.8 Å². The van der Waals surface area contributed by atoms with Crippen LogP contribution in [0.3, 0.4) is 0 Å². The Morgan fingerprint density at radius 1 is 1.19 bits per heavy atom. The highest BCUT2D eigenvalue weighted by atomic mass is 79.9. The fourth-order valence-electron chi connectivity index (χ4n) is 2.31. The number of fused-ring (bicyclic) bond motifs is 1. The minimum absolute atomic E-state index is 0.242. The maximum absolute atomic E-state index is 11.2. The van der Waals surface area contributed by atoms with Crippen LogP contribution in [0.1, 0.15) is 16.2 Å². The molecule has 0 atom stereocenters. The third kappa shape index (κ3) is 2.38. The van der Waals surface area contributed by atoms with Crippen LogP contribution in [0, 0.1) is 6.92 Å². The van der Waals surface area contributed by atoms with Gasteiger partial charge in [0.15, 0.2) is 0 Å². The van der Waals surface area contributed by atoms with E-state index in [1.54, 1.807) is 18.2 Å². The number of imidazole rings is 1. The average Bonchev–Trinajstić information content (AvgIpc) is 2.74. The maximum atomic E-state index is 11.2. The largest absolute Gasteiger partial charge is 0.478 e. The van der Waals surface area contributed by atoms with E-state index in [1.165, 1.54) is 0 Å². The molecule has 0 saturated carbocycles. The van der Waals surface area contributed by atoms with Crippen molar-refractivity contribution >= 4 is 48.9 Å². The zero-order valence-electron chi connectivity index (χ0n) is 11.0. The highest BCUT2D eigenvalue weighted by Crippen LogP contribution is 2.33. The number of hydrogen-bond donors (Lipinski definition) is 1. The third-order valence-corrected chi connectivity index (χ3v) is 4.51. The molecule has 1 heterocycles. The Kier molecular flexibility index (Phi) is 3.59. The van der Waals surface area contributed by atoms with Crippen LogP contribution in [-0.2, 0) is 0 Å². The first-order valence-electron chi connectivity index (χ1n) is 6.16. The molecule has 1 aromatic heterocycles. The molecule has 4 nitrogen and oxygen atoms in total. The van der Waals surface area contributed by atoms with Gasteiger partial charge >= 0.3 is 5.97 Å². The van der Waals surface area contributed by atoms with E-state index in [0.717, 1.165) is 31.5 Å². The molecule has 21 heavy (non-hydrogen) atoms. The molecule has 0 radical (unpaired) electrons. The molecule has 0 saturated heterocycles. The number of carboxylic acid groups (broad SMARTS) is 1. The maximum Gasteiger partial charge on any atom is 0.335 e. The summed E-state index contributed by atoms with van der Waals surface area (Å²) in [5, 5.41) is 9.17. The predicted octanol–water partition coefficient (Wildman–Crippen LogP) is 4.56. The Morgan fingerprint density at radius 2 is 1.86 bits per heavy atom. The quantitative estimate of drug-likeness (QED) is 0.675. The Hall–Kier alpha value is -1.66. The second-order valence-electron chi connectivity index (χ2n) is 4.57. The monoisotopic (exact) mass is 408 g/mol. The van der Waals surface area contributed by atoms with Gasteiger partial charge in [0.25, 0.3) is 0 Å². The van der Waals surface area contributed by atoms with Crippen molar-refractivity contribution in [2.45, 2.75) is 6.92 Å². The van der Waals surface area contributed by atoms with Crippen molar-refractivity contribution in [3.05, 3.63) is 56.7 Å². The molecule has 3 aromatic rings. The van der Waals surface area contributed by atoms with Crippen molar-refractivity contribution in [2.75, 3.05) is 0 Å². The number of para-hydroxylation sites is 1. The number of hydrogen-bond acceptors (Lipinski definition) is 2. The standard InChI is InChI=1S/C15H10Br2N2O2/c1-8-18-12-6-5-9(15(20)21)7-13(12)19(8)14-10(16)3-2-4-11(14)17/h2-7H,1H3,(H,20,21). The van der Waals surface area contributed by atoms with Crippen molar-refractivity contribution in [3.63, 3.8) is 0 Å². The van der Waals surface area contributed by atoms with E-state index in [4.69, 9.17) is 0 Å². The zero-order chi connectivity index (χ0) is 15.1. The van der Waals surface area contributed by atoms with E-state index in [1.807, 2.05) is 29.7 Å². The molecule has 3 rings (SSSR count). The van der Waals surface area contributed by atoms with Gasteiger partial charge in [0.2, 0.25) is 0 Å². The van der Waals surface area contributed by atoms with Crippen molar-refractivity contribution in [1.82, 2.24) is 9.55 Å². The fraction of sp³-hybridized carbons (Fsp3) is 0.0667. The number of nitrogens with zero attached hydrogens (tertiary/aromatic N) is 2. The number of benzene rings is 2. The van der Waals surface area contributed by atoms with E-state index < -0.39 is 5.97 Å². The van der Waals surface area contributed by atoms with Crippen molar-refractivity contribution in [3.8, 4) is 5.69 Å². The van der Waals surface area contributed by atoms with Gasteiger partial charge in [0, 0.05) is 8.95 Å². The summed E-state index contributed by atoms with van der Waals surface area (Å²) in [4.78, 5) is 15.7. The first-order valence-corrected chi connectivity index (χ1v) is 7.74. The van der Waals surface area contributed by atoms with Crippen LogP contribution >= 0.6 is 31.9 Å². The minimum atomic E-state index is -0.950. The molecular weight excluding hydrogens is 400 g/mol. The van der Waals surface area contributed by atoms with Crippen LogP contribution in [0.4, 0.5) is 0 Å². The summed E-state index contributed by atoms with van der Waals surface area (Å²) in [6, 6.07) is 10.7. The summed E-state index contributed by atoms with van der Waals surface area (Å²) >= 11 is 7.08. The SMILES string of the molecule is Cc1nc2ccc(C(=O)O)cc2n1-c1c(Br)cccc1Br. The van der Waals surface area contributed by atoms with E-state index in [0.29, 0.717) is 0 Å². The summed E-state index contributed by atoms with van der Waals surface area (Å²) in [6.45, 7) is 1.90. The predicted molar refractivity (Wildman–Crippen MR) is 88.2 cm³/mol. The number of aromatic nitrogens is 2. The van der Waals surface area contributed by atoms with E-state index in [9.17, 15) is 9.90 Å². The summed E-state index contributed by atoms with van der Waals surface area (Å²) in [5.41, 5.74) is 2.67. The molecule has 0 fully saturated rings. The van der Waals surface area contributed by atoms with Gasteiger partial charge in [0.05, 0.1) is 22.3 Å². The van der Waals surface area contributed by atoms with Gasteiger partial charge in [-0.3, -0.25) is 4.57 Å². The lowest BCUT2D eigenvalue weighted by molar-refractivity contribution is 0.0697. The Bertz CT molecular complexity index is 851. The summed E-state index contributed by atoms with van der Waals surface area (Å²) in [6.07, 6.45) is 0. The number of aryl methyl sites for hydroxylation is 1. The Labute approximate surface area is 137 Å². The number of halogens is 2. The van der Waals surface area contributed by atoms with Gasteiger partial charge in [-0.2, -0.15) is 0 Å². The van der Waals surface area contributed by atoms with Crippen LogP contribution in [0.2, 0.25) is 0 Å².